The van der Waals surface area contributed by atoms with E-state index in [4.69, 9.17) is 4.98 Å². The fourth-order valence-electron chi connectivity index (χ4n) is 6.84. The first-order chi connectivity index (χ1) is 22.4. The molecule has 1 N–H and O–H groups in total. The fraction of sp³-hybridized carbons (Fsp3) is 0.400. The lowest BCUT2D eigenvalue weighted by Crippen LogP contribution is -2.52. The van der Waals surface area contributed by atoms with E-state index in [1.807, 2.05) is 64.4 Å². The number of amides is 4. The molecule has 7 rings (SSSR count). The number of rotatable bonds is 9. The number of fused-ring (bicyclic) bond motifs is 2. The monoisotopic (exact) mass is 619 g/mol. The Kier molecular flexibility index (Phi) is 8.30. The first kappa shape index (κ1) is 29.8. The van der Waals surface area contributed by atoms with Gasteiger partial charge in [-0.2, -0.15) is 5.10 Å². The van der Waals surface area contributed by atoms with Crippen molar-refractivity contribution in [1.82, 2.24) is 34.9 Å². The lowest BCUT2D eigenvalue weighted by Gasteiger charge is -2.32. The molecule has 1 atom stereocenters. The van der Waals surface area contributed by atoms with Crippen LogP contribution in [0.4, 0.5) is 0 Å². The molecule has 2 fully saturated rings. The predicted octanol–water partition coefficient (Wildman–Crippen LogP) is 4.22. The number of hydrogen-bond donors (Lipinski definition) is 1. The van der Waals surface area contributed by atoms with E-state index < -0.39 is 11.9 Å². The largest absolute Gasteiger partial charge is 0.343 e. The maximum Gasteiger partial charge on any atom is 0.255 e. The summed E-state index contributed by atoms with van der Waals surface area (Å²) >= 11 is 0. The van der Waals surface area contributed by atoms with Crippen LogP contribution in [0.3, 0.4) is 0 Å². The second kappa shape index (κ2) is 12.8. The molecule has 236 valence electrons. The van der Waals surface area contributed by atoms with Crippen molar-refractivity contribution >= 4 is 34.7 Å². The predicted molar refractivity (Wildman–Crippen MR) is 170 cm³/mol. The van der Waals surface area contributed by atoms with Gasteiger partial charge in [-0.25, -0.2) is 4.98 Å². The van der Waals surface area contributed by atoms with Crippen LogP contribution in [-0.2, 0) is 27.3 Å². The summed E-state index contributed by atoms with van der Waals surface area (Å²) in [6.07, 6.45) is 12.1. The molecule has 2 saturated heterocycles. The van der Waals surface area contributed by atoms with Crippen LogP contribution in [0.15, 0.2) is 61.1 Å². The molecule has 1 unspecified atom stereocenters. The van der Waals surface area contributed by atoms with E-state index in [0.717, 1.165) is 85.0 Å². The van der Waals surface area contributed by atoms with Gasteiger partial charge in [0.25, 0.3) is 5.91 Å². The van der Waals surface area contributed by atoms with Gasteiger partial charge in [0.15, 0.2) is 0 Å². The number of imide groups is 1. The molecule has 0 spiro atoms. The van der Waals surface area contributed by atoms with Crippen LogP contribution in [0.25, 0.3) is 22.3 Å². The van der Waals surface area contributed by atoms with E-state index >= 15 is 0 Å². The number of hydrogen-bond acceptors (Lipinski definition) is 7. The number of nitrogens with zero attached hydrogens (tertiary/aromatic N) is 6. The Morgan fingerprint density at radius 2 is 1.76 bits per heavy atom. The number of para-hydroxylation sites is 2. The van der Waals surface area contributed by atoms with Crippen LogP contribution >= 0.6 is 0 Å². The molecule has 11 heteroatoms. The van der Waals surface area contributed by atoms with Gasteiger partial charge in [-0.05, 0) is 67.9 Å². The van der Waals surface area contributed by atoms with Gasteiger partial charge in [0.2, 0.25) is 17.7 Å². The van der Waals surface area contributed by atoms with Gasteiger partial charge in [-0.3, -0.25) is 34.2 Å². The fourth-order valence-corrected chi connectivity index (χ4v) is 6.84. The van der Waals surface area contributed by atoms with E-state index in [1.54, 1.807) is 11.1 Å². The van der Waals surface area contributed by atoms with Crippen LogP contribution < -0.4 is 5.32 Å². The third-order valence-corrected chi connectivity index (χ3v) is 9.49. The van der Waals surface area contributed by atoms with Crippen molar-refractivity contribution in [2.24, 2.45) is 0 Å². The smallest absolute Gasteiger partial charge is 0.255 e. The first-order valence-electron chi connectivity index (χ1n) is 16.2. The van der Waals surface area contributed by atoms with Gasteiger partial charge < -0.3 is 9.80 Å². The SMILES string of the molecule is O=C1CCC(N2Cc3ccc(CCCCCC(=O)N4CCC(n5cc(-c6cnc7ccccc7n6)cn5)CC4)cc3C2=O)C(=O)N1. The van der Waals surface area contributed by atoms with Gasteiger partial charge >= 0.3 is 0 Å². The minimum Gasteiger partial charge on any atom is -0.343 e. The highest BCUT2D eigenvalue weighted by Crippen LogP contribution is 2.29. The Balaban J connectivity index is 0.835. The van der Waals surface area contributed by atoms with Crippen molar-refractivity contribution < 1.29 is 19.2 Å². The molecule has 0 bridgehead atoms. The quantitative estimate of drug-likeness (QED) is 0.219. The molecule has 2 aromatic heterocycles. The molecule has 0 saturated carbocycles. The zero-order valence-electron chi connectivity index (χ0n) is 25.7. The third-order valence-electron chi connectivity index (χ3n) is 9.49. The highest BCUT2D eigenvalue weighted by atomic mass is 16.2. The minimum absolute atomic E-state index is 0.145. The number of unbranched alkanes of at least 4 members (excludes halogenated alkanes) is 2. The van der Waals surface area contributed by atoms with Crippen LogP contribution in [0.5, 0.6) is 0 Å². The molecule has 0 radical (unpaired) electrons. The molecule has 4 amide bonds. The third kappa shape index (κ3) is 6.14. The van der Waals surface area contributed by atoms with Crippen molar-refractivity contribution in [3.63, 3.8) is 0 Å². The number of carbonyl (C=O) groups is 4. The Hall–Kier alpha value is -4.93. The number of aryl methyl sites for hydroxylation is 1. The molecule has 2 aromatic carbocycles. The number of aromatic nitrogens is 4. The van der Waals surface area contributed by atoms with E-state index in [0.29, 0.717) is 24.9 Å². The Labute approximate surface area is 267 Å². The van der Waals surface area contributed by atoms with Crippen molar-refractivity contribution in [3.05, 3.63) is 77.7 Å². The molecule has 3 aliphatic heterocycles. The lowest BCUT2D eigenvalue weighted by molar-refractivity contribution is -0.137. The Bertz CT molecular complexity index is 1810. The van der Waals surface area contributed by atoms with Crippen LogP contribution in [0.2, 0.25) is 0 Å². The van der Waals surface area contributed by atoms with Gasteiger partial charge in [0.1, 0.15) is 6.04 Å². The summed E-state index contributed by atoms with van der Waals surface area (Å²) in [5.74, 6) is -0.611. The summed E-state index contributed by atoms with van der Waals surface area (Å²) in [5.41, 5.74) is 6.12. The van der Waals surface area contributed by atoms with E-state index in [2.05, 4.69) is 15.4 Å². The molecule has 4 aromatic rings. The van der Waals surface area contributed by atoms with Crippen LogP contribution in [0, 0.1) is 0 Å². The average Bonchev–Trinajstić information content (AvgIpc) is 3.70. The molecule has 46 heavy (non-hydrogen) atoms. The topological polar surface area (TPSA) is 130 Å². The standard InChI is InChI=1S/C35H37N7O4/c43-32-13-12-31(34(45)39-32)41-21-24-11-10-23(18-27(24)35(41)46)6-2-1-3-9-33(44)40-16-14-26(15-17-40)42-22-25(19-37-42)30-20-36-28-7-4-5-8-29(28)38-30/h4-5,7-8,10-11,18-20,22,26,31H,1-3,6,9,12-17,21H2,(H,39,43,45). The second-order valence-electron chi connectivity index (χ2n) is 12.5. The lowest BCUT2D eigenvalue weighted by atomic mass is 10.0. The van der Waals surface area contributed by atoms with Crippen LogP contribution in [-0.4, -0.2) is 72.3 Å². The van der Waals surface area contributed by atoms with Gasteiger partial charge in [-0.15, -0.1) is 0 Å². The van der Waals surface area contributed by atoms with E-state index in [-0.39, 0.29) is 30.2 Å². The Morgan fingerprint density at radius 1 is 0.935 bits per heavy atom. The summed E-state index contributed by atoms with van der Waals surface area (Å²) in [7, 11) is 0. The Morgan fingerprint density at radius 3 is 2.59 bits per heavy atom. The number of piperidine rings is 2. The average molecular weight is 620 g/mol. The maximum absolute atomic E-state index is 13.1. The molecular weight excluding hydrogens is 582 g/mol. The summed E-state index contributed by atoms with van der Waals surface area (Å²) in [4.78, 5) is 62.6. The molecule has 5 heterocycles. The number of likely N-dealkylation sites (tertiary alicyclic amines) is 1. The zero-order chi connectivity index (χ0) is 31.6. The minimum atomic E-state index is -0.598. The number of nitrogens with one attached hydrogen (secondary N) is 1. The second-order valence-corrected chi connectivity index (χ2v) is 12.5. The number of benzene rings is 2. The summed E-state index contributed by atoms with van der Waals surface area (Å²) in [6.45, 7) is 1.85. The molecule has 11 nitrogen and oxygen atoms in total. The van der Waals surface area contributed by atoms with Crippen molar-refractivity contribution in [1.29, 1.82) is 0 Å². The maximum atomic E-state index is 13.1. The van der Waals surface area contributed by atoms with Crippen LogP contribution in [0.1, 0.15) is 78.9 Å². The summed E-state index contributed by atoms with van der Waals surface area (Å²) in [6, 6.07) is 13.4. The molecule has 0 aliphatic carbocycles. The van der Waals surface area contributed by atoms with E-state index in [1.165, 1.54) is 0 Å². The highest BCUT2D eigenvalue weighted by Gasteiger charge is 2.39. The summed E-state index contributed by atoms with van der Waals surface area (Å²) < 4.78 is 2.01. The molecular formula is C35H37N7O4. The van der Waals surface area contributed by atoms with Crippen molar-refractivity contribution in [2.45, 2.75) is 76.4 Å². The molecule has 3 aliphatic rings. The first-order valence-corrected chi connectivity index (χ1v) is 16.2. The zero-order valence-corrected chi connectivity index (χ0v) is 25.7. The normalized spacial score (nSPS) is 18.7. The van der Waals surface area contributed by atoms with Gasteiger partial charge in [0.05, 0.1) is 35.2 Å². The van der Waals surface area contributed by atoms with E-state index in [9.17, 15) is 19.2 Å². The summed E-state index contributed by atoms with van der Waals surface area (Å²) in [5, 5.41) is 6.96. The highest BCUT2D eigenvalue weighted by molar-refractivity contribution is 6.05. The van der Waals surface area contributed by atoms with Crippen molar-refractivity contribution in [3.8, 4) is 11.3 Å². The van der Waals surface area contributed by atoms with Gasteiger partial charge in [0, 0.05) is 49.8 Å². The number of carbonyl (C=O) groups excluding carboxylic acids is 4. The van der Waals surface area contributed by atoms with Crippen molar-refractivity contribution in [2.75, 3.05) is 13.1 Å². The van der Waals surface area contributed by atoms with Gasteiger partial charge in [-0.1, -0.05) is 30.7 Å².